The first-order valence-electron chi connectivity index (χ1n) is 5.20. The van der Waals surface area contributed by atoms with Gasteiger partial charge in [-0.2, -0.15) is 0 Å². The summed E-state index contributed by atoms with van der Waals surface area (Å²) >= 11 is 0. The lowest BCUT2D eigenvalue weighted by atomic mass is 10.3. The van der Waals surface area contributed by atoms with Crippen LogP contribution in [0.2, 0.25) is 0 Å². The van der Waals surface area contributed by atoms with Gasteiger partial charge < -0.3 is 20.4 Å². The highest BCUT2D eigenvalue weighted by molar-refractivity contribution is 6.02. The Hall–Kier alpha value is -2.64. The van der Waals surface area contributed by atoms with Gasteiger partial charge in [0, 0.05) is 24.9 Å². The van der Waals surface area contributed by atoms with Crippen LogP contribution in [0.15, 0.2) is 18.9 Å². The molecular weight excluding hydrogens is 238 g/mol. The van der Waals surface area contributed by atoms with Crippen molar-refractivity contribution in [2.24, 2.45) is 0 Å². The van der Waals surface area contributed by atoms with Crippen LogP contribution in [0.4, 0.5) is 0 Å². The Balaban J connectivity index is 1.91. The molecule has 8 nitrogen and oxygen atoms in total. The van der Waals surface area contributed by atoms with E-state index in [2.05, 4.69) is 25.3 Å². The van der Waals surface area contributed by atoms with Gasteiger partial charge in [-0.05, 0) is 0 Å². The van der Waals surface area contributed by atoms with Gasteiger partial charge in [-0.3, -0.25) is 4.79 Å². The Bertz CT molecular complexity index is 546. The Labute approximate surface area is 101 Å². The minimum atomic E-state index is -1.22. The van der Waals surface area contributed by atoms with Gasteiger partial charge in [0.1, 0.15) is 0 Å². The highest BCUT2D eigenvalue weighted by atomic mass is 16.4. The molecule has 0 aliphatic rings. The average molecular weight is 249 g/mol. The molecule has 2 aromatic rings. The summed E-state index contributed by atoms with van der Waals surface area (Å²) in [7, 11) is 0. The highest BCUT2D eigenvalue weighted by Crippen LogP contribution is 2.02. The number of amides is 1. The first kappa shape index (κ1) is 11.8. The van der Waals surface area contributed by atoms with Crippen LogP contribution in [0.25, 0.3) is 0 Å². The number of nitrogens with zero attached hydrogens (tertiary/aromatic N) is 2. The fraction of sp³-hybridized carbons (Fsp3) is 0.200. The van der Waals surface area contributed by atoms with Crippen LogP contribution < -0.4 is 5.32 Å². The number of aromatic nitrogens is 4. The maximum Gasteiger partial charge on any atom is 0.354 e. The maximum absolute atomic E-state index is 11.7. The van der Waals surface area contributed by atoms with E-state index in [4.69, 9.17) is 5.11 Å². The quantitative estimate of drug-likeness (QED) is 0.584. The van der Waals surface area contributed by atoms with Crippen LogP contribution in [0, 0.1) is 0 Å². The van der Waals surface area contributed by atoms with E-state index in [1.807, 2.05) is 0 Å². The van der Waals surface area contributed by atoms with Crippen molar-refractivity contribution in [3.63, 3.8) is 0 Å². The number of carboxylic acids is 1. The molecule has 0 fully saturated rings. The molecule has 0 saturated heterocycles. The first-order valence-corrected chi connectivity index (χ1v) is 5.20. The number of H-pyrrole nitrogens is 2. The molecule has 0 unspecified atom stereocenters. The van der Waals surface area contributed by atoms with Crippen molar-refractivity contribution in [2.45, 2.75) is 6.42 Å². The molecule has 0 aliphatic carbocycles. The lowest BCUT2D eigenvalue weighted by Gasteiger charge is -2.02. The van der Waals surface area contributed by atoms with Gasteiger partial charge >= 0.3 is 5.97 Å². The van der Waals surface area contributed by atoms with Gasteiger partial charge in [-0.1, -0.05) is 0 Å². The van der Waals surface area contributed by atoms with Crippen molar-refractivity contribution in [2.75, 3.05) is 6.54 Å². The third-order valence-electron chi connectivity index (χ3n) is 2.30. The van der Waals surface area contributed by atoms with Crippen molar-refractivity contribution in [3.05, 3.63) is 35.9 Å². The highest BCUT2D eigenvalue weighted by Gasteiger charge is 2.18. The van der Waals surface area contributed by atoms with Gasteiger partial charge in [-0.25, -0.2) is 14.8 Å². The molecule has 0 aliphatic heterocycles. The molecule has 1 amide bonds. The fourth-order valence-electron chi connectivity index (χ4n) is 1.45. The second-order valence-electron chi connectivity index (χ2n) is 3.51. The summed E-state index contributed by atoms with van der Waals surface area (Å²) in [6.45, 7) is 0.368. The summed E-state index contributed by atoms with van der Waals surface area (Å²) in [6.07, 6.45) is 4.96. The summed E-state index contributed by atoms with van der Waals surface area (Å²) in [5.74, 6) is -1.74. The molecule has 0 saturated carbocycles. The number of aromatic amines is 2. The van der Waals surface area contributed by atoms with E-state index in [1.54, 1.807) is 12.5 Å². The Morgan fingerprint density at radius 2 is 2.17 bits per heavy atom. The largest absolute Gasteiger partial charge is 0.477 e. The summed E-state index contributed by atoms with van der Waals surface area (Å²) in [6, 6.07) is 0. The molecule has 0 spiro atoms. The zero-order valence-electron chi connectivity index (χ0n) is 9.30. The van der Waals surface area contributed by atoms with Gasteiger partial charge in [0.25, 0.3) is 5.91 Å². The van der Waals surface area contributed by atoms with Crippen LogP contribution in [0.1, 0.15) is 26.7 Å². The van der Waals surface area contributed by atoms with Gasteiger partial charge in [0.2, 0.25) is 0 Å². The molecule has 4 N–H and O–H groups in total. The molecule has 94 valence electrons. The fourth-order valence-corrected chi connectivity index (χ4v) is 1.45. The lowest BCUT2D eigenvalue weighted by Crippen LogP contribution is -2.27. The number of aromatic carboxylic acids is 1. The van der Waals surface area contributed by atoms with E-state index in [1.165, 1.54) is 6.33 Å². The summed E-state index contributed by atoms with van der Waals surface area (Å²) < 4.78 is 0. The van der Waals surface area contributed by atoms with E-state index in [9.17, 15) is 9.59 Å². The Morgan fingerprint density at radius 3 is 2.83 bits per heavy atom. The molecule has 2 heterocycles. The third-order valence-corrected chi connectivity index (χ3v) is 2.30. The van der Waals surface area contributed by atoms with Crippen LogP contribution >= 0.6 is 0 Å². The van der Waals surface area contributed by atoms with Crippen molar-refractivity contribution in [3.8, 4) is 0 Å². The lowest BCUT2D eigenvalue weighted by molar-refractivity contribution is 0.0685. The molecular formula is C10H11N5O3. The van der Waals surface area contributed by atoms with E-state index in [-0.39, 0.29) is 11.4 Å². The van der Waals surface area contributed by atoms with Gasteiger partial charge in [0.05, 0.1) is 12.7 Å². The summed E-state index contributed by atoms with van der Waals surface area (Å²) in [5, 5.41) is 11.4. The van der Waals surface area contributed by atoms with E-state index >= 15 is 0 Å². The number of imidazole rings is 2. The molecule has 0 bridgehead atoms. The third kappa shape index (κ3) is 2.54. The van der Waals surface area contributed by atoms with Gasteiger partial charge in [0.15, 0.2) is 11.4 Å². The van der Waals surface area contributed by atoms with Crippen molar-refractivity contribution < 1.29 is 14.7 Å². The zero-order chi connectivity index (χ0) is 13.0. The molecule has 18 heavy (non-hydrogen) atoms. The molecule has 2 rings (SSSR count). The normalized spacial score (nSPS) is 10.2. The number of hydrogen-bond acceptors (Lipinski definition) is 4. The minimum absolute atomic E-state index is 0.118. The Morgan fingerprint density at radius 1 is 1.33 bits per heavy atom. The molecule has 8 heteroatoms. The smallest absolute Gasteiger partial charge is 0.354 e. The van der Waals surface area contributed by atoms with Gasteiger partial charge in [-0.15, -0.1) is 0 Å². The van der Waals surface area contributed by atoms with E-state index in [0.717, 1.165) is 5.69 Å². The van der Waals surface area contributed by atoms with Crippen molar-refractivity contribution in [1.29, 1.82) is 0 Å². The summed E-state index contributed by atoms with van der Waals surface area (Å²) in [4.78, 5) is 35.3. The predicted molar refractivity (Wildman–Crippen MR) is 60.2 cm³/mol. The number of nitrogens with one attached hydrogen (secondary N) is 3. The topological polar surface area (TPSA) is 124 Å². The van der Waals surface area contributed by atoms with Crippen LogP contribution in [0.5, 0.6) is 0 Å². The molecule has 0 aromatic carbocycles. The SMILES string of the molecule is O=C(NCCc1cnc[nH]1)c1nc[nH]c1C(=O)O. The number of rotatable bonds is 5. The second-order valence-corrected chi connectivity index (χ2v) is 3.51. The molecule has 0 atom stereocenters. The Kier molecular flexibility index (Phi) is 3.37. The zero-order valence-corrected chi connectivity index (χ0v) is 9.30. The number of carbonyl (C=O) groups is 2. The van der Waals surface area contributed by atoms with E-state index < -0.39 is 11.9 Å². The number of carbonyl (C=O) groups excluding carboxylic acids is 1. The minimum Gasteiger partial charge on any atom is -0.477 e. The molecule has 0 radical (unpaired) electrons. The van der Waals surface area contributed by atoms with Crippen molar-refractivity contribution >= 4 is 11.9 Å². The standard InChI is InChI=1S/C10H11N5O3/c16-9(7-8(10(17)18)15-5-14-7)12-2-1-6-3-11-4-13-6/h3-5H,1-2H2,(H,11,13)(H,12,16)(H,14,15)(H,17,18). The van der Waals surface area contributed by atoms with E-state index in [0.29, 0.717) is 13.0 Å². The van der Waals surface area contributed by atoms with Crippen LogP contribution in [-0.4, -0.2) is 43.5 Å². The monoisotopic (exact) mass is 249 g/mol. The van der Waals surface area contributed by atoms with Crippen molar-refractivity contribution in [1.82, 2.24) is 25.3 Å². The summed E-state index contributed by atoms with van der Waals surface area (Å²) in [5.41, 5.74) is 0.553. The predicted octanol–water partition coefficient (Wildman–Crippen LogP) is -0.197. The molecule has 2 aromatic heterocycles. The number of hydrogen-bond donors (Lipinski definition) is 4. The second kappa shape index (κ2) is 5.13. The first-order chi connectivity index (χ1) is 8.68. The maximum atomic E-state index is 11.7. The van der Waals surface area contributed by atoms with Crippen LogP contribution in [-0.2, 0) is 6.42 Å². The number of carboxylic acid groups (broad SMARTS) is 1. The average Bonchev–Trinajstić information content (AvgIpc) is 2.99. The van der Waals surface area contributed by atoms with Crippen LogP contribution in [0.3, 0.4) is 0 Å².